The number of hydrogen-bond acceptors (Lipinski definition) is 0. The van der Waals surface area contributed by atoms with Crippen LogP contribution in [0.4, 0.5) is 9.09 Å². The van der Waals surface area contributed by atoms with Gasteiger partial charge in [0.1, 0.15) is 5.82 Å². The smallest absolute Gasteiger partial charge is 0.126 e. The van der Waals surface area contributed by atoms with E-state index in [4.69, 9.17) is 0 Å². The molecule has 0 atom stereocenters. The van der Waals surface area contributed by atoms with Crippen LogP contribution in [0.2, 0.25) is 0 Å². The van der Waals surface area contributed by atoms with Crippen molar-refractivity contribution >= 4 is 0 Å². The van der Waals surface area contributed by atoms with Crippen LogP contribution in [0, 0.1) is 5.82 Å². The molecule has 2 heteroatoms. The lowest BCUT2D eigenvalue weighted by molar-refractivity contribution is 0.404. The van der Waals surface area contributed by atoms with Crippen LogP contribution in [-0.2, 0) is 6.42 Å². The predicted octanol–water partition coefficient (Wildman–Crippen LogP) is 4.98. The molecule has 1 aromatic rings. The van der Waals surface area contributed by atoms with E-state index in [2.05, 4.69) is 13.0 Å². The van der Waals surface area contributed by atoms with Crippen LogP contribution in [0.15, 0.2) is 18.2 Å². The van der Waals surface area contributed by atoms with Gasteiger partial charge in [0.2, 0.25) is 0 Å². The van der Waals surface area contributed by atoms with Gasteiger partial charge in [0.05, 0.1) is 0 Å². The molecule has 0 N–H and O–H groups in total. The Labute approximate surface area is 103 Å². The first-order valence-corrected chi connectivity index (χ1v) is 6.59. The third-order valence-corrected chi connectivity index (χ3v) is 3.67. The number of hydrogen-bond donors (Lipinski definition) is 0. The zero-order valence-corrected chi connectivity index (χ0v) is 10.5. The van der Waals surface area contributed by atoms with E-state index in [0.29, 0.717) is 5.92 Å². The van der Waals surface area contributed by atoms with Crippen molar-refractivity contribution < 1.29 is 9.09 Å². The number of benzene rings is 1. The fourth-order valence-electron chi connectivity index (χ4n) is 2.36. The number of halogens is 2. The molecule has 0 radical (unpaired) electrons. The molecular weight excluding hydrogens is 218 g/mol. The van der Waals surface area contributed by atoms with Crippen LogP contribution in [0.5, 0.6) is 0 Å². The molecule has 2 rings (SSSR count). The largest absolute Gasteiger partial charge is 0.269 e. The molecule has 0 aromatic heterocycles. The summed E-state index contributed by atoms with van der Waals surface area (Å²) in [5.74, 6) is 0.509. The summed E-state index contributed by atoms with van der Waals surface area (Å²) in [6.07, 6.45) is 8.47. The van der Waals surface area contributed by atoms with E-state index in [1.165, 1.54) is 44.1 Å². The fourth-order valence-corrected chi connectivity index (χ4v) is 2.36. The Balaban J connectivity index is 0.00000144. The molecular formula is C15H22F2. The molecule has 0 unspecified atom stereocenters. The molecule has 1 aliphatic rings. The van der Waals surface area contributed by atoms with E-state index < -0.39 is 0 Å². The lowest BCUT2D eigenvalue weighted by Crippen LogP contribution is -2.11. The molecule has 1 fully saturated rings. The maximum Gasteiger partial charge on any atom is 0.126 e. The lowest BCUT2D eigenvalue weighted by Gasteiger charge is -2.26. The summed E-state index contributed by atoms with van der Waals surface area (Å²) in [7, 11) is 0. The van der Waals surface area contributed by atoms with Gasteiger partial charge in [0.25, 0.3) is 0 Å². The van der Waals surface area contributed by atoms with E-state index in [-0.39, 0.29) is 10.5 Å². The molecule has 1 aromatic carbocycles. The van der Waals surface area contributed by atoms with Gasteiger partial charge in [0.15, 0.2) is 0 Å². The average Bonchev–Trinajstić information content (AvgIpc) is 2.20. The second-order valence-electron chi connectivity index (χ2n) is 4.94. The van der Waals surface area contributed by atoms with Crippen molar-refractivity contribution in [3.63, 3.8) is 0 Å². The number of unbranched alkanes of at least 4 members (excludes halogenated alkanes) is 2. The first kappa shape index (κ1) is 14.1. The zero-order chi connectivity index (χ0) is 11.4. The van der Waals surface area contributed by atoms with E-state index in [9.17, 15) is 4.39 Å². The van der Waals surface area contributed by atoms with E-state index in [1.54, 1.807) is 6.07 Å². The molecule has 96 valence electrons. The van der Waals surface area contributed by atoms with Crippen LogP contribution in [0.3, 0.4) is 0 Å². The summed E-state index contributed by atoms with van der Waals surface area (Å²) in [5, 5.41) is 0. The normalized spacial score (nSPS) is 15.2. The fraction of sp³-hybridized carbons (Fsp3) is 0.600. The Morgan fingerprint density at radius 1 is 1.24 bits per heavy atom. The predicted molar refractivity (Wildman–Crippen MR) is 68.7 cm³/mol. The van der Waals surface area contributed by atoms with Crippen molar-refractivity contribution in [2.45, 2.75) is 57.8 Å². The van der Waals surface area contributed by atoms with Gasteiger partial charge in [-0.3, -0.25) is 4.70 Å². The average molecular weight is 240 g/mol. The summed E-state index contributed by atoms with van der Waals surface area (Å²) < 4.78 is 13.6. The monoisotopic (exact) mass is 240 g/mol. The molecule has 1 saturated carbocycles. The minimum Gasteiger partial charge on any atom is -0.269 e. The molecule has 0 aliphatic heterocycles. The van der Waals surface area contributed by atoms with Crippen LogP contribution >= 0.6 is 0 Å². The maximum absolute atomic E-state index is 13.6. The highest BCUT2D eigenvalue weighted by atomic mass is 19.1. The topological polar surface area (TPSA) is 0 Å². The van der Waals surface area contributed by atoms with Crippen molar-refractivity contribution in [3.8, 4) is 0 Å². The van der Waals surface area contributed by atoms with Gasteiger partial charge in [-0.1, -0.05) is 38.3 Å². The second kappa shape index (κ2) is 6.73. The van der Waals surface area contributed by atoms with Gasteiger partial charge >= 0.3 is 0 Å². The molecule has 0 saturated heterocycles. The van der Waals surface area contributed by atoms with Gasteiger partial charge < -0.3 is 0 Å². The molecule has 0 amide bonds. The molecule has 0 bridgehead atoms. The van der Waals surface area contributed by atoms with E-state index in [0.717, 1.165) is 12.0 Å². The van der Waals surface area contributed by atoms with Gasteiger partial charge in [-0.25, -0.2) is 4.39 Å². The summed E-state index contributed by atoms with van der Waals surface area (Å²) >= 11 is 0. The van der Waals surface area contributed by atoms with Crippen LogP contribution in [0.25, 0.3) is 0 Å². The highest BCUT2D eigenvalue weighted by Crippen LogP contribution is 2.37. The maximum atomic E-state index is 13.6. The van der Waals surface area contributed by atoms with Gasteiger partial charge in [-0.15, -0.1) is 0 Å². The standard InChI is InChI=1S/C15H21F.FH/c1-2-3-4-6-12-9-10-15(16)14(11-12)13-7-5-8-13;/h9-11,13H,2-8H2,1H3;1H. The second-order valence-corrected chi connectivity index (χ2v) is 4.94. The van der Waals surface area contributed by atoms with Crippen LogP contribution in [0.1, 0.15) is 62.5 Å². The number of aryl methyl sites for hydroxylation is 1. The van der Waals surface area contributed by atoms with Crippen molar-refractivity contribution in [2.75, 3.05) is 0 Å². The minimum atomic E-state index is 0. The highest BCUT2D eigenvalue weighted by Gasteiger charge is 2.22. The van der Waals surface area contributed by atoms with Gasteiger partial charge in [-0.05, 0) is 48.8 Å². The summed E-state index contributed by atoms with van der Waals surface area (Å²) in [4.78, 5) is 0. The van der Waals surface area contributed by atoms with Crippen LogP contribution < -0.4 is 0 Å². The first-order valence-electron chi connectivity index (χ1n) is 6.59. The molecule has 0 heterocycles. The molecule has 17 heavy (non-hydrogen) atoms. The Morgan fingerprint density at radius 2 is 2.00 bits per heavy atom. The third-order valence-electron chi connectivity index (χ3n) is 3.67. The van der Waals surface area contributed by atoms with E-state index in [1.807, 2.05) is 6.07 Å². The molecule has 1 aliphatic carbocycles. The van der Waals surface area contributed by atoms with Crippen molar-refractivity contribution in [2.24, 2.45) is 0 Å². The Hall–Kier alpha value is -0.920. The van der Waals surface area contributed by atoms with Crippen molar-refractivity contribution in [1.29, 1.82) is 0 Å². The Kier molecular flexibility index (Phi) is 5.60. The third kappa shape index (κ3) is 3.52. The lowest BCUT2D eigenvalue weighted by atomic mass is 9.79. The van der Waals surface area contributed by atoms with Crippen molar-refractivity contribution in [3.05, 3.63) is 35.1 Å². The quantitative estimate of drug-likeness (QED) is 0.637. The SMILES string of the molecule is CCCCCc1ccc(F)c(C2CCC2)c1.F. The summed E-state index contributed by atoms with van der Waals surface area (Å²) in [5.41, 5.74) is 2.29. The van der Waals surface area contributed by atoms with Gasteiger partial charge in [-0.2, -0.15) is 0 Å². The van der Waals surface area contributed by atoms with Crippen molar-refractivity contribution in [1.82, 2.24) is 0 Å². The van der Waals surface area contributed by atoms with E-state index >= 15 is 0 Å². The Bertz CT molecular complexity index is 343. The minimum absolute atomic E-state index is 0. The highest BCUT2D eigenvalue weighted by molar-refractivity contribution is 5.29. The van der Waals surface area contributed by atoms with Crippen LogP contribution in [-0.4, -0.2) is 0 Å². The summed E-state index contributed by atoms with van der Waals surface area (Å²) in [6.45, 7) is 2.21. The first-order chi connectivity index (χ1) is 7.81. The van der Waals surface area contributed by atoms with Gasteiger partial charge in [0, 0.05) is 0 Å². The number of rotatable bonds is 5. The zero-order valence-electron chi connectivity index (χ0n) is 10.5. The molecule has 0 spiro atoms. The Morgan fingerprint density at radius 3 is 2.59 bits per heavy atom. The summed E-state index contributed by atoms with van der Waals surface area (Å²) in [6, 6.07) is 5.72. The molecule has 0 nitrogen and oxygen atoms in total.